The molecule has 0 fully saturated rings. The number of ether oxygens (including phenoxy) is 2. The van der Waals surface area contributed by atoms with Crippen LogP contribution in [0.15, 0.2) is 18.2 Å². The molecule has 0 saturated heterocycles. The van der Waals surface area contributed by atoms with Gasteiger partial charge in [-0.3, -0.25) is 0 Å². The van der Waals surface area contributed by atoms with Gasteiger partial charge in [0.05, 0.1) is 19.3 Å². The minimum Gasteiger partial charge on any atom is -0.496 e. The molecule has 102 valence electrons. The minimum atomic E-state index is -0.139. The molecule has 0 aliphatic heterocycles. The van der Waals surface area contributed by atoms with Crippen molar-refractivity contribution in [1.82, 2.24) is 0 Å². The van der Waals surface area contributed by atoms with Gasteiger partial charge in [-0.1, -0.05) is 31.0 Å². The lowest BCUT2D eigenvalue weighted by Crippen LogP contribution is -2.29. The highest BCUT2D eigenvalue weighted by Gasteiger charge is 2.22. The Morgan fingerprint density at radius 2 is 2.00 bits per heavy atom. The smallest absolute Gasteiger partial charge is 0.123 e. The Morgan fingerprint density at radius 1 is 1.28 bits per heavy atom. The summed E-state index contributed by atoms with van der Waals surface area (Å²) >= 11 is 0. The van der Waals surface area contributed by atoms with E-state index in [9.17, 15) is 0 Å². The molecule has 0 spiro atoms. The Labute approximate surface area is 110 Å². The van der Waals surface area contributed by atoms with E-state index >= 15 is 0 Å². The number of nitrogens with two attached hydrogens (primary N) is 1. The van der Waals surface area contributed by atoms with Gasteiger partial charge in [0.15, 0.2) is 0 Å². The summed E-state index contributed by atoms with van der Waals surface area (Å²) in [4.78, 5) is 0. The summed E-state index contributed by atoms with van der Waals surface area (Å²) < 4.78 is 11.1. The largest absolute Gasteiger partial charge is 0.496 e. The molecule has 2 N–H and O–H groups in total. The predicted octanol–water partition coefficient (Wildman–Crippen LogP) is 3.21. The van der Waals surface area contributed by atoms with Crippen molar-refractivity contribution in [3.8, 4) is 5.75 Å². The van der Waals surface area contributed by atoms with Crippen molar-refractivity contribution in [1.29, 1.82) is 0 Å². The maximum Gasteiger partial charge on any atom is 0.123 e. The molecule has 0 radical (unpaired) electrons. The van der Waals surface area contributed by atoms with Crippen LogP contribution in [0.1, 0.15) is 43.9 Å². The van der Waals surface area contributed by atoms with E-state index in [0.29, 0.717) is 6.61 Å². The second-order valence-corrected chi connectivity index (χ2v) is 4.55. The van der Waals surface area contributed by atoms with Gasteiger partial charge in [-0.15, -0.1) is 0 Å². The highest BCUT2D eigenvalue weighted by molar-refractivity contribution is 5.39. The third-order valence-electron chi connectivity index (χ3n) is 3.10. The van der Waals surface area contributed by atoms with Gasteiger partial charge in [0.2, 0.25) is 0 Å². The van der Waals surface area contributed by atoms with E-state index in [4.69, 9.17) is 15.2 Å². The third-order valence-corrected chi connectivity index (χ3v) is 3.10. The summed E-state index contributed by atoms with van der Waals surface area (Å²) in [7, 11) is 1.68. The van der Waals surface area contributed by atoms with Crippen LogP contribution in [0.2, 0.25) is 0 Å². The van der Waals surface area contributed by atoms with Crippen molar-refractivity contribution < 1.29 is 9.47 Å². The van der Waals surface area contributed by atoms with Crippen molar-refractivity contribution >= 4 is 0 Å². The Bertz CT molecular complexity index is 360. The van der Waals surface area contributed by atoms with E-state index in [0.717, 1.165) is 24.2 Å². The van der Waals surface area contributed by atoms with Crippen molar-refractivity contribution in [3.63, 3.8) is 0 Å². The van der Waals surface area contributed by atoms with Crippen LogP contribution in [-0.4, -0.2) is 19.8 Å². The van der Waals surface area contributed by atoms with Crippen LogP contribution in [0, 0.1) is 6.92 Å². The van der Waals surface area contributed by atoms with Crippen LogP contribution in [0.3, 0.4) is 0 Å². The normalized spacial score (nSPS) is 14.3. The number of methoxy groups -OCH3 is 1. The zero-order valence-electron chi connectivity index (χ0n) is 11.9. The summed E-state index contributed by atoms with van der Waals surface area (Å²) in [6, 6.07) is 5.95. The van der Waals surface area contributed by atoms with Crippen molar-refractivity contribution in [2.75, 3.05) is 13.7 Å². The highest BCUT2D eigenvalue weighted by atomic mass is 16.5. The molecule has 0 heterocycles. The molecule has 0 amide bonds. The predicted molar refractivity (Wildman–Crippen MR) is 75.0 cm³/mol. The van der Waals surface area contributed by atoms with Crippen LogP contribution in [0.5, 0.6) is 5.75 Å². The standard InChI is InChI=1S/C15H25NO2/c1-5-7-14(18-6-2)15(16)12-10-11(3)8-9-13(12)17-4/h8-10,14-15H,5-7,16H2,1-4H3. The second-order valence-electron chi connectivity index (χ2n) is 4.55. The first-order valence-electron chi connectivity index (χ1n) is 6.65. The van der Waals surface area contributed by atoms with E-state index in [1.54, 1.807) is 7.11 Å². The fraction of sp³-hybridized carbons (Fsp3) is 0.600. The molecule has 0 aromatic heterocycles. The zero-order chi connectivity index (χ0) is 13.5. The van der Waals surface area contributed by atoms with Crippen molar-refractivity contribution in [2.24, 2.45) is 5.73 Å². The Balaban J connectivity index is 2.98. The Hall–Kier alpha value is -1.06. The number of hydrogen-bond donors (Lipinski definition) is 1. The average molecular weight is 251 g/mol. The van der Waals surface area contributed by atoms with Crippen molar-refractivity contribution in [2.45, 2.75) is 45.8 Å². The fourth-order valence-corrected chi connectivity index (χ4v) is 2.18. The van der Waals surface area contributed by atoms with Crippen LogP contribution in [-0.2, 0) is 4.74 Å². The monoisotopic (exact) mass is 251 g/mol. The molecule has 1 aromatic carbocycles. The molecule has 0 aliphatic carbocycles. The maximum atomic E-state index is 6.35. The summed E-state index contributed by atoms with van der Waals surface area (Å²) in [5.74, 6) is 0.842. The Morgan fingerprint density at radius 3 is 2.56 bits per heavy atom. The maximum absolute atomic E-state index is 6.35. The summed E-state index contributed by atoms with van der Waals surface area (Å²) in [6.45, 7) is 6.90. The second kappa shape index (κ2) is 7.39. The molecule has 1 rings (SSSR count). The molecule has 3 heteroatoms. The molecule has 0 aliphatic rings. The molecule has 2 atom stereocenters. The molecule has 1 aromatic rings. The number of hydrogen-bond acceptors (Lipinski definition) is 3. The number of aryl methyl sites for hydroxylation is 1. The van der Waals surface area contributed by atoms with Gasteiger partial charge in [0.25, 0.3) is 0 Å². The van der Waals surface area contributed by atoms with Gasteiger partial charge in [-0.05, 0) is 26.3 Å². The molecule has 3 nitrogen and oxygen atoms in total. The minimum absolute atomic E-state index is 0.0516. The van der Waals surface area contributed by atoms with Gasteiger partial charge >= 0.3 is 0 Å². The lowest BCUT2D eigenvalue weighted by atomic mass is 9.96. The van der Waals surface area contributed by atoms with E-state index in [1.807, 2.05) is 19.1 Å². The highest BCUT2D eigenvalue weighted by Crippen LogP contribution is 2.29. The summed E-state index contributed by atoms with van der Waals surface area (Å²) in [5, 5.41) is 0. The molecule has 0 bridgehead atoms. The van der Waals surface area contributed by atoms with Crippen LogP contribution < -0.4 is 10.5 Å². The molecule has 2 unspecified atom stereocenters. The lowest BCUT2D eigenvalue weighted by molar-refractivity contribution is 0.0369. The van der Waals surface area contributed by atoms with Gasteiger partial charge in [-0.2, -0.15) is 0 Å². The zero-order valence-corrected chi connectivity index (χ0v) is 11.9. The van der Waals surface area contributed by atoms with Crippen molar-refractivity contribution in [3.05, 3.63) is 29.3 Å². The SMILES string of the molecule is CCCC(OCC)C(N)c1cc(C)ccc1OC. The molecular weight excluding hydrogens is 226 g/mol. The Kier molecular flexibility index (Phi) is 6.16. The number of rotatable bonds is 7. The van der Waals surface area contributed by atoms with Crippen LogP contribution >= 0.6 is 0 Å². The van der Waals surface area contributed by atoms with Gasteiger partial charge in [0.1, 0.15) is 5.75 Å². The molecule has 0 saturated carbocycles. The fourth-order valence-electron chi connectivity index (χ4n) is 2.18. The van der Waals surface area contributed by atoms with Gasteiger partial charge in [-0.25, -0.2) is 0 Å². The molecule has 18 heavy (non-hydrogen) atoms. The first-order chi connectivity index (χ1) is 8.63. The first-order valence-corrected chi connectivity index (χ1v) is 6.65. The topological polar surface area (TPSA) is 44.5 Å². The third kappa shape index (κ3) is 3.72. The average Bonchev–Trinajstić information content (AvgIpc) is 2.37. The van der Waals surface area contributed by atoms with Crippen LogP contribution in [0.25, 0.3) is 0 Å². The summed E-state index contributed by atoms with van der Waals surface area (Å²) in [6.07, 6.45) is 2.08. The van der Waals surface area contributed by atoms with Gasteiger partial charge < -0.3 is 15.2 Å². The quantitative estimate of drug-likeness (QED) is 0.809. The van der Waals surface area contributed by atoms with Gasteiger partial charge in [0, 0.05) is 12.2 Å². The van der Waals surface area contributed by atoms with Crippen LogP contribution in [0.4, 0.5) is 0 Å². The summed E-state index contributed by atoms with van der Waals surface area (Å²) in [5.41, 5.74) is 8.57. The lowest BCUT2D eigenvalue weighted by Gasteiger charge is -2.25. The number of benzene rings is 1. The van der Waals surface area contributed by atoms with E-state index in [-0.39, 0.29) is 12.1 Å². The van der Waals surface area contributed by atoms with E-state index in [2.05, 4.69) is 19.9 Å². The van der Waals surface area contributed by atoms with E-state index in [1.165, 1.54) is 5.56 Å². The van der Waals surface area contributed by atoms with E-state index < -0.39 is 0 Å². The molecular formula is C15H25NO2. The first kappa shape index (κ1) is 15.0.